The number of carbonyl (C=O) groups excluding carboxylic acids is 2. The fourth-order valence-electron chi connectivity index (χ4n) is 3.85. The predicted octanol–water partition coefficient (Wildman–Crippen LogP) is 3.83. The molecule has 0 aromatic heterocycles. The summed E-state index contributed by atoms with van der Waals surface area (Å²) >= 11 is 0. The van der Waals surface area contributed by atoms with Gasteiger partial charge in [0.05, 0.1) is 25.2 Å². The van der Waals surface area contributed by atoms with Crippen LogP contribution < -0.4 is 4.74 Å². The van der Waals surface area contributed by atoms with Gasteiger partial charge in [0, 0.05) is 23.7 Å². The molecular formula is C21H25NO4. The monoisotopic (exact) mass is 355 g/mol. The Morgan fingerprint density at radius 1 is 1.27 bits per heavy atom. The molecule has 0 bridgehead atoms. The molecular weight excluding hydrogens is 330 g/mol. The maximum atomic E-state index is 12.8. The first-order valence-electron chi connectivity index (χ1n) is 9.18. The van der Waals surface area contributed by atoms with E-state index >= 15 is 0 Å². The summed E-state index contributed by atoms with van der Waals surface area (Å²) in [6, 6.07) is 7.58. The van der Waals surface area contributed by atoms with Crippen LogP contribution in [0.25, 0.3) is 0 Å². The van der Waals surface area contributed by atoms with Crippen LogP contribution in [0.4, 0.5) is 0 Å². The Labute approximate surface area is 154 Å². The Bertz CT molecular complexity index is 778. The summed E-state index contributed by atoms with van der Waals surface area (Å²) in [7, 11) is 1.61. The van der Waals surface area contributed by atoms with E-state index in [4.69, 9.17) is 9.47 Å². The highest BCUT2D eigenvalue weighted by molar-refractivity contribution is 6.11. The van der Waals surface area contributed by atoms with Gasteiger partial charge in [-0.1, -0.05) is 19.1 Å². The number of ether oxygens (including phenoxy) is 2. The number of methoxy groups -OCH3 is 1. The van der Waals surface area contributed by atoms with Crippen molar-refractivity contribution in [1.29, 1.82) is 0 Å². The third-order valence-electron chi connectivity index (χ3n) is 5.02. The Morgan fingerprint density at radius 2 is 2.08 bits per heavy atom. The average molecular weight is 355 g/mol. The van der Waals surface area contributed by atoms with E-state index in [0.717, 1.165) is 30.5 Å². The smallest absolute Gasteiger partial charge is 0.336 e. The van der Waals surface area contributed by atoms with Gasteiger partial charge in [0.15, 0.2) is 0 Å². The number of aliphatic imine (C=N–C) groups is 1. The van der Waals surface area contributed by atoms with Crippen LogP contribution in [0.3, 0.4) is 0 Å². The van der Waals surface area contributed by atoms with Gasteiger partial charge in [-0.3, -0.25) is 9.79 Å². The van der Waals surface area contributed by atoms with Gasteiger partial charge in [0.2, 0.25) is 0 Å². The minimum Gasteiger partial charge on any atom is -0.497 e. The molecule has 0 unspecified atom stereocenters. The lowest BCUT2D eigenvalue weighted by molar-refractivity contribution is -0.139. The van der Waals surface area contributed by atoms with Gasteiger partial charge in [0.25, 0.3) is 0 Å². The second-order valence-corrected chi connectivity index (χ2v) is 6.79. The zero-order valence-corrected chi connectivity index (χ0v) is 15.6. The van der Waals surface area contributed by atoms with E-state index < -0.39 is 0 Å². The molecule has 1 aliphatic carbocycles. The van der Waals surface area contributed by atoms with Crippen LogP contribution in [0.2, 0.25) is 0 Å². The van der Waals surface area contributed by atoms with Crippen molar-refractivity contribution >= 4 is 17.5 Å². The van der Waals surface area contributed by atoms with Crippen molar-refractivity contribution in [3.05, 3.63) is 41.1 Å². The van der Waals surface area contributed by atoms with E-state index in [1.54, 1.807) is 7.11 Å². The maximum Gasteiger partial charge on any atom is 0.336 e. The molecule has 2 aliphatic rings. The molecule has 1 fully saturated rings. The number of carbonyl (C=O) groups is 2. The fraction of sp³-hybridized carbons (Fsp3) is 0.476. The molecule has 1 aliphatic heterocycles. The van der Waals surface area contributed by atoms with Crippen molar-refractivity contribution in [1.82, 2.24) is 0 Å². The van der Waals surface area contributed by atoms with Crippen LogP contribution in [0.15, 0.2) is 40.5 Å². The highest BCUT2D eigenvalue weighted by atomic mass is 16.5. The first-order valence-corrected chi connectivity index (χ1v) is 9.18. The zero-order chi connectivity index (χ0) is 18.7. The molecule has 1 saturated carbocycles. The molecule has 1 aromatic rings. The Kier molecular flexibility index (Phi) is 5.55. The number of benzene rings is 1. The molecule has 138 valence electrons. The number of allylic oxidation sites excluding steroid dienone is 1. The van der Waals surface area contributed by atoms with E-state index in [1.807, 2.05) is 38.1 Å². The summed E-state index contributed by atoms with van der Waals surface area (Å²) in [5.74, 6) is -0.276. The number of hydrogen-bond donors (Lipinski definition) is 0. The number of ketones is 1. The van der Waals surface area contributed by atoms with Gasteiger partial charge < -0.3 is 9.47 Å². The SMILES string of the molecule is CCCOC(=O)C1=C(C)N=C2CCCC(=O)[C@@H]2[C@@H]1c1cccc(OC)c1. The average Bonchev–Trinajstić information content (AvgIpc) is 2.65. The van der Waals surface area contributed by atoms with E-state index in [-0.39, 0.29) is 23.6 Å². The number of nitrogens with zero attached hydrogens (tertiary/aromatic N) is 1. The number of fused-ring (bicyclic) bond motifs is 1. The van der Waals surface area contributed by atoms with Gasteiger partial charge in [-0.25, -0.2) is 4.79 Å². The van der Waals surface area contributed by atoms with Crippen LogP contribution in [0.1, 0.15) is 51.0 Å². The van der Waals surface area contributed by atoms with E-state index in [2.05, 4.69) is 4.99 Å². The fourth-order valence-corrected chi connectivity index (χ4v) is 3.85. The molecule has 5 heteroatoms. The lowest BCUT2D eigenvalue weighted by atomic mass is 9.69. The minimum absolute atomic E-state index is 0.149. The van der Waals surface area contributed by atoms with E-state index in [9.17, 15) is 9.59 Å². The topological polar surface area (TPSA) is 65.0 Å². The number of hydrogen-bond acceptors (Lipinski definition) is 5. The summed E-state index contributed by atoms with van der Waals surface area (Å²) in [6.07, 6.45) is 2.90. The molecule has 1 heterocycles. The van der Waals surface area contributed by atoms with E-state index in [1.165, 1.54) is 0 Å². The lowest BCUT2D eigenvalue weighted by Gasteiger charge is -2.35. The largest absolute Gasteiger partial charge is 0.497 e. The summed E-state index contributed by atoms with van der Waals surface area (Å²) in [6.45, 7) is 4.14. The van der Waals surface area contributed by atoms with Crippen molar-refractivity contribution in [2.75, 3.05) is 13.7 Å². The van der Waals surface area contributed by atoms with Crippen molar-refractivity contribution in [2.45, 2.75) is 45.4 Å². The van der Waals surface area contributed by atoms with Gasteiger partial charge in [-0.2, -0.15) is 0 Å². The number of rotatable bonds is 5. The first-order chi connectivity index (χ1) is 12.6. The summed E-state index contributed by atoms with van der Waals surface area (Å²) in [5, 5.41) is 0. The normalized spacial score (nSPS) is 22.6. The van der Waals surface area contributed by atoms with Crippen LogP contribution in [0, 0.1) is 5.92 Å². The third kappa shape index (κ3) is 3.43. The second-order valence-electron chi connectivity index (χ2n) is 6.79. The molecule has 3 rings (SSSR count). The lowest BCUT2D eigenvalue weighted by Crippen LogP contribution is -2.39. The Balaban J connectivity index is 2.11. The molecule has 1 aromatic carbocycles. The predicted molar refractivity (Wildman–Crippen MR) is 99.5 cm³/mol. The Morgan fingerprint density at radius 3 is 2.81 bits per heavy atom. The van der Waals surface area contributed by atoms with Gasteiger partial charge in [0.1, 0.15) is 11.5 Å². The highest BCUT2D eigenvalue weighted by Crippen LogP contribution is 2.43. The molecule has 0 N–H and O–H groups in total. The van der Waals surface area contributed by atoms with Crippen molar-refractivity contribution in [2.24, 2.45) is 10.9 Å². The number of esters is 1. The summed E-state index contributed by atoms with van der Waals surface area (Å²) < 4.78 is 10.8. The molecule has 0 amide bonds. The molecule has 0 radical (unpaired) electrons. The highest BCUT2D eigenvalue weighted by Gasteiger charge is 2.43. The quantitative estimate of drug-likeness (QED) is 0.753. The van der Waals surface area contributed by atoms with Crippen molar-refractivity contribution in [3.63, 3.8) is 0 Å². The van der Waals surface area contributed by atoms with Crippen LogP contribution >= 0.6 is 0 Å². The maximum absolute atomic E-state index is 12.8. The standard InChI is InChI=1S/C21H25NO4/c1-4-11-26-21(24)18-13(2)22-16-9-6-10-17(23)20(16)19(18)14-7-5-8-15(12-14)25-3/h5,7-8,12,19-20H,4,6,9-11H2,1-3H3/t19-,20-/m1/s1. The third-order valence-corrected chi connectivity index (χ3v) is 5.02. The molecule has 26 heavy (non-hydrogen) atoms. The summed E-state index contributed by atoms with van der Waals surface area (Å²) in [5.41, 5.74) is 2.92. The second kappa shape index (κ2) is 7.85. The van der Waals surface area contributed by atoms with Gasteiger partial charge in [-0.05, 0) is 43.9 Å². The number of Topliss-reactive ketones (excluding diaryl/α,β-unsaturated/α-hetero) is 1. The molecule has 0 saturated heterocycles. The Hall–Kier alpha value is -2.43. The summed E-state index contributed by atoms with van der Waals surface area (Å²) in [4.78, 5) is 30.2. The molecule has 0 spiro atoms. The molecule has 2 atom stereocenters. The van der Waals surface area contributed by atoms with Crippen LogP contribution in [-0.4, -0.2) is 31.2 Å². The minimum atomic E-state index is -0.385. The van der Waals surface area contributed by atoms with Gasteiger partial charge in [-0.15, -0.1) is 0 Å². The van der Waals surface area contributed by atoms with Crippen molar-refractivity contribution < 1.29 is 19.1 Å². The van der Waals surface area contributed by atoms with Crippen LogP contribution in [0.5, 0.6) is 5.75 Å². The van der Waals surface area contributed by atoms with Crippen molar-refractivity contribution in [3.8, 4) is 5.75 Å². The van der Waals surface area contributed by atoms with E-state index in [0.29, 0.717) is 30.0 Å². The van der Waals surface area contributed by atoms with Gasteiger partial charge >= 0.3 is 5.97 Å². The molecule has 5 nitrogen and oxygen atoms in total. The van der Waals surface area contributed by atoms with Crippen LogP contribution in [-0.2, 0) is 14.3 Å². The first kappa shape index (κ1) is 18.4. The zero-order valence-electron chi connectivity index (χ0n) is 15.6.